The van der Waals surface area contributed by atoms with Crippen LogP contribution in [0.3, 0.4) is 0 Å². The molecule has 1 aliphatic carbocycles. The van der Waals surface area contributed by atoms with Gasteiger partial charge in [0.25, 0.3) is 0 Å². The van der Waals surface area contributed by atoms with Crippen LogP contribution in [0.2, 0.25) is 0 Å². The van der Waals surface area contributed by atoms with Crippen molar-refractivity contribution in [1.29, 1.82) is 0 Å². The zero-order valence-corrected chi connectivity index (χ0v) is 16.2. The minimum absolute atomic E-state index is 0.0273. The molecule has 1 amide bonds. The van der Waals surface area contributed by atoms with Crippen LogP contribution in [0.5, 0.6) is 5.75 Å². The Morgan fingerprint density at radius 1 is 1.27 bits per heavy atom. The summed E-state index contributed by atoms with van der Waals surface area (Å²) in [4.78, 5) is 14.9. The van der Waals surface area contributed by atoms with E-state index < -0.39 is 9.84 Å². The zero-order chi connectivity index (χ0) is 18.4. The van der Waals surface area contributed by atoms with Gasteiger partial charge < -0.3 is 9.64 Å². The number of ether oxygens (including phenoxy) is 1. The number of rotatable bonds is 4. The highest BCUT2D eigenvalue weighted by Crippen LogP contribution is 2.60. The smallest absolute Gasteiger partial charge is 0.226 e. The van der Waals surface area contributed by atoms with Gasteiger partial charge in [-0.25, -0.2) is 8.42 Å². The molecule has 142 valence electrons. The maximum absolute atomic E-state index is 13.0. The molecule has 0 N–H and O–H groups in total. The standard InChI is InChI=1S/C20H27NO4S/c1-2-9-25-17-4-3-16-14-21(8-5-15(16)12-17)19(22)18-13-20(18)6-10-26(23,24)11-7-20/h3-4,12,18H,2,5-11,13-14H2,1H3. The lowest BCUT2D eigenvalue weighted by molar-refractivity contribution is -0.134. The molecule has 1 saturated heterocycles. The van der Waals surface area contributed by atoms with E-state index >= 15 is 0 Å². The molecule has 3 aliphatic rings. The predicted octanol–water partition coefficient (Wildman–Crippen LogP) is 2.58. The Morgan fingerprint density at radius 3 is 2.77 bits per heavy atom. The maximum Gasteiger partial charge on any atom is 0.226 e. The van der Waals surface area contributed by atoms with Gasteiger partial charge >= 0.3 is 0 Å². The van der Waals surface area contributed by atoms with Gasteiger partial charge in [-0.1, -0.05) is 13.0 Å². The molecule has 1 aromatic rings. The average molecular weight is 378 g/mol. The van der Waals surface area contributed by atoms with E-state index in [9.17, 15) is 13.2 Å². The minimum Gasteiger partial charge on any atom is -0.494 e. The fourth-order valence-corrected chi connectivity index (χ4v) is 6.08. The third kappa shape index (κ3) is 3.36. The number of hydrogen-bond acceptors (Lipinski definition) is 4. The molecule has 2 aliphatic heterocycles. The lowest BCUT2D eigenvalue weighted by atomic mass is 9.94. The van der Waals surface area contributed by atoms with Crippen molar-refractivity contribution in [3.05, 3.63) is 29.3 Å². The number of nitrogens with zero attached hydrogens (tertiary/aromatic N) is 1. The molecule has 1 atom stereocenters. The fourth-order valence-electron chi connectivity index (χ4n) is 4.44. The van der Waals surface area contributed by atoms with E-state index in [1.807, 2.05) is 11.0 Å². The number of benzene rings is 1. The van der Waals surface area contributed by atoms with Gasteiger partial charge in [-0.2, -0.15) is 0 Å². The molecule has 4 rings (SSSR count). The Hall–Kier alpha value is -1.56. The quantitative estimate of drug-likeness (QED) is 0.809. The van der Waals surface area contributed by atoms with Crippen LogP contribution < -0.4 is 4.74 Å². The van der Waals surface area contributed by atoms with Gasteiger partial charge in [-0.15, -0.1) is 0 Å². The second-order valence-electron chi connectivity index (χ2n) is 8.06. The van der Waals surface area contributed by atoms with Crippen molar-refractivity contribution in [2.24, 2.45) is 11.3 Å². The lowest BCUT2D eigenvalue weighted by Crippen LogP contribution is -2.38. The number of hydrogen-bond donors (Lipinski definition) is 0. The molecule has 5 nitrogen and oxygen atoms in total. The Labute approximate surface area is 155 Å². The second kappa shape index (κ2) is 6.55. The van der Waals surface area contributed by atoms with Gasteiger partial charge in [0.2, 0.25) is 5.91 Å². The van der Waals surface area contributed by atoms with Crippen molar-refractivity contribution >= 4 is 15.7 Å². The van der Waals surface area contributed by atoms with Crippen molar-refractivity contribution in [2.45, 2.75) is 45.6 Å². The maximum atomic E-state index is 13.0. The molecule has 0 radical (unpaired) electrons. The molecule has 2 fully saturated rings. The largest absolute Gasteiger partial charge is 0.494 e. The molecular weight excluding hydrogens is 350 g/mol. The Bertz CT molecular complexity index is 803. The molecule has 0 aromatic heterocycles. The SMILES string of the molecule is CCCOc1ccc2c(c1)CCN(C(=O)C1CC13CCS(=O)(=O)CC3)C2. The summed E-state index contributed by atoms with van der Waals surface area (Å²) in [5, 5.41) is 0. The van der Waals surface area contributed by atoms with Gasteiger partial charge in [0, 0.05) is 19.0 Å². The van der Waals surface area contributed by atoms with Crippen molar-refractivity contribution in [3.63, 3.8) is 0 Å². The lowest BCUT2D eigenvalue weighted by Gasteiger charge is -2.31. The van der Waals surface area contributed by atoms with Crippen LogP contribution >= 0.6 is 0 Å². The highest BCUT2D eigenvalue weighted by atomic mass is 32.2. The van der Waals surface area contributed by atoms with Crippen molar-refractivity contribution in [1.82, 2.24) is 4.90 Å². The summed E-state index contributed by atoms with van der Waals surface area (Å²) in [7, 11) is -2.88. The summed E-state index contributed by atoms with van der Waals surface area (Å²) in [6.45, 7) is 4.22. The predicted molar refractivity (Wildman–Crippen MR) is 99.8 cm³/mol. The monoisotopic (exact) mass is 377 g/mol. The number of carbonyl (C=O) groups excluding carboxylic acids is 1. The third-order valence-electron chi connectivity index (χ3n) is 6.28. The number of fused-ring (bicyclic) bond motifs is 1. The zero-order valence-electron chi connectivity index (χ0n) is 15.4. The van der Waals surface area contributed by atoms with E-state index in [4.69, 9.17) is 4.74 Å². The van der Waals surface area contributed by atoms with Gasteiger partial charge in [0.15, 0.2) is 0 Å². The van der Waals surface area contributed by atoms with Crippen LogP contribution in [0.1, 0.15) is 43.7 Å². The van der Waals surface area contributed by atoms with Crippen LogP contribution in [-0.4, -0.2) is 43.9 Å². The highest BCUT2D eigenvalue weighted by Gasteiger charge is 2.60. The number of amides is 1. The number of carbonyl (C=O) groups is 1. The Kier molecular flexibility index (Phi) is 4.49. The Balaban J connectivity index is 1.39. The molecule has 1 saturated carbocycles. The molecule has 26 heavy (non-hydrogen) atoms. The first kappa shape index (κ1) is 17.8. The van der Waals surface area contributed by atoms with E-state index in [1.165, 1.54) is 11.1 Å². The molecule has 1 aromatic carbocycles. The van der Waals surface area contributed by atoms with Crippen molar-refractivity contribution < 1.29 is 17.9 Å². The minimum atomic E-state index is -2.88. The summed E-state index contributed by atoms with van der Waals surface area (Å²) in [6, 6.07) is 6.18. The first-order valence-electron chi connectivity index (χ1n) is 9.66. The topological polar surface area (TPSA) is 63.7 Å². The van der Waals surface area contributed by atoms with Gasteiger partial charge in [0.1, 0.15) is 15.6 Å². The molecule has 1 spiro atoms. The van der Waals surface area contributed by atoms with E-state index in [1.54, 1.807) is 0 Å². The van der Waals surface area contributed by atoms with Gasteiger partial charge in [-0.3, -0.25) is 4.79 Å². The molecule has 1 unspecified atom stereocenters. The first-order chi connectivity index (χ1) is 12.4. The normalized spacial score (nSPS) is 25.6. The summed E-state index contributed by atoms with van der Waals surface area (Å²) >= 11 is 0. The van der Waals surface area contributed by atoms with Crippen molar-refractivity contribution in [3.8, 4) is 5.75 Å². The van der Waals surface area contributed by atoms with E-state index in [0.717, 1.165) is 38.2 Å². The average Bonchev–Trinajstić information content (AvgIpc) is 3.36. The van der Waals surface area contributed by atoms with Crippen molar-refractivity contribution in [2.75, 3.05) is 24.7 Å². The summed E-state index contributed by atoms with van der Waals surface area (Å²) < 4.78 is 29.0. The molecule has 2 heterocycles. The van der Waals surface area contributed by atoms with Crippen LogP contribution in [0.15, 0.2) is 18.2 Å². The van der Waals surface area contributed by atoms with E-state index in [2.05, 4.69) is 19.1 Å². The second-order valence-corrected chi connectivity index (χ2v) is 10.4. The van der Waals surface area contributed by atoms with Crippen LogP contribution in [0, 0.1) is 11.3 Å². The summed E-state index contributed by atoms with van der Waals surface area (Å²) in [5.74, 6) is 1.67. The fraction of sp³-hybridized carbons (Fsp3) is 0.650. The summed E-state index contributed by atoms with van der Waals surface area (Å²) in [6.07, 6.45) is 4.04. The third-order valence-corrected chi connectivity index (χ3v) is 7.94. The first-order valence-corrected chi connectivity index (χ1v) is 11.5. The number of sulfone groups is 1. The molecule has 0 bridgehead atoms. The van der Waals surface area contributed by atoms with Crippen LogP contribution in [0.4, 0.5) is 0 Å². The summed E-state index contributed by atoms with van der Waals surface area (Å²) in [5.41, 5.74) is 2.45. The van der Waals surface area contributed by atoms with Gasteiger partial charge in [-0.05, 0) is 60.8 Å². The van der Waals surface area contributed by atoms with E-state index in [0.29, 0.717) is 19.4 Å². The highest BCUT2D eigenvalue weighted by molar-refractivity contribution is 7.91. The van der Waals surface area contributed by atoms with Gasteiger partial charge in [0.05, 0.1) is 18.1 Å². The molecular formula is C20H27NO4S. The van der Waals surface area contributed by atoms with Crippen LogP contribution in [0.25, 0.3) is 0 Å². The van der Waals surface area contributed by atoms with Crippen LogP contribution in [-0.2, 0) is 27.6 Å². The molecule has 6 heteroatoms. The Morgan fingerprint density at radius 2 is 2.04 bits per heavy atom. The van der Waals surface area contributed by atoms with E-state index in [-0.39, 0.29) is 28.7 Å².